The molecule has 0 atom stereocenters. The van der Waals surface area contributed by atoms with Gasteiger partial charge >= 0.3 is 0 Å². The number of hydrogen-bond acceptors (Lipinski definition) is 3. The minimum Gasteiger partial charge on any atom is -0.409 e. The molecule has 3 N–H and O–H groups in total. The monoisotopic (exact) mass is 275 g/mol. The summed E-state index contributed by atoms with van der Waals surface area (Å²) in [6.45, 7) is 7.21. The molecule has 0 unspecified atom stereocenters. The third-order valence-corrected chi connectivity index (χ3v) is 4.52. The summed E-state index contributed by atoms with van der Waals surface area (Å²) in [5.74, 6) is 0.365. The van der Waals surface area contributed by atoms with Crippen LogP contribution in [0.25, 0.3) is 0 Å². The Morgan fingerprint density at radius 1 is 1.25 bits per heavy atom. The van der Waals surface area contributed by atoms with Gasteiger partial charge in [-0.15, -0.1) is 0 Å². The summed E-state index contributed by atoms with van der Waals surface area (Å²) in [6, 6.07) is 8.85. The van der Waals surface area contributed by atoms with Gasteiger partial charge in [-0.1, -0.05) is 43.3 Å². The molecule has 1 aliphatic rings. The molecule has 0 aliphatic carbocycles. The van der Waals surface area contributed by atoms with Gasteiger partial charge in [-0.2, -0.15) is 0 Å². The Morgan fingerprint density at radius 3 is 2.30 bits per heavy atom. The van der Waals surface area contributed by atoms with Crippen LogP contribution in [0.4, 0.5) is 0 Å². The van der Waals surface area contributed by atoms with E-state index in [4.69, 9.17) is 10.9 Å². The van der Waals surface area contributed by atoms with Crippen LogP contribution in [0, 0.1) is 5.41 Å². The Labute approximate surface area is 121 Å². The van der Waals surface area contributed by atoms with Crippen molar-refractivity contribution in [2.75, 3.05) is 13.1 Å². The van der Waals surface area contributed by atoms with Crippen molar-refractivity contribution in [2.45, 2.75) is 39.7 Å². The van der Waals surface area contributed by atoms with Crippen LogP contribution in [0.5, 0.6) is 0 Å². The second kappa shape index (κ2) is 6.27. The standard InChI is InChI=1S/C16H25N3O/c1-3-13-4-6-14(7-5-13)12-19-10-8-16(2,9-11-19)15(17)18-20/h4-7,20H,3,8-12H2,1-2H3,(H2,17,18). The Hall–Kier alpha value is -1.55. The molecule has 1 saturated heterocycles. The third-order valence-electron chi connectivity index (χ3n) is 4.52. The molecule has 20 heavy (non-hydrogen) atoms. The molecule has 0 aromatic heterocycles. The van der Waals surface area contributed by atoms with Gasteiger partial charge in [-0.3, -0.25) is 4.90 Å². The zero-order valence-electron chi connectivity index (χ0n) is 12.5. The smallest absolute Gasteiger partial charge is 0.145 e. The van der Waals surface area contributed by atoms with E-state index in [2.05, 4.69) is 48.2 Å². The van der Waals surface area contributed by atoms with E-state index in [1.165, 1.54) is 11.1 Å². The maximum atomic E-state index is 8.85. The Morgan fingerprint density at radius 2 is 1.80 bits per heavy atom. The highest BCUT2D eigenvalue weighted by Crippen LogP contribution is 2.31. The second-order valence-corrected chi connectivity index (χ2v) is 5.99. The Kier molecular flexibility index (Phi) is 4.65. The van der Waals surface area contributed by atoms with Crippen LogP contribution in [-0.4, -0.2) is 29.0 Å². The average molecular weight is 275 g/mol. The van der Waals surface area contributed by atoms with Crippen molar-refractivity contribution >= 4 is 5.84 Å². The quantitative estimate of drug-likeness (QED) is 0.384. The third kappa shape index (κ3) is 3.31. The summed E-state index contributed by atoms with van der Waals surface area (Å²) in [6.07, 6.45) is 2.97. The maximum Gasteiger partial charge on any atom is 0.145 e. The molecular formula is C16H25N3O. The zero-order chi connectivity index (χ0) is 14.6. The lowest BCUT2D eigenvalue weighted by Gasteiger charge is -2.38. The normalized spacial score (nSPS) is 20.0. The first-order valence-electron chi connectivity index (χ1n) is 7.35. The summed E-state index contributed by atoms with van der Waals surface area (Å²) >= 11 is 0. The van der Waals surface area contributed by atoms with Crippen molar-refractivity contribution in [3.05, 3.63) is 35.4 Å². The van der Waals surface area contributed by atoms with Gasteiger partial charge in [0.25, 0.3) is 0 Å². The number of likely N-dealkylation sites (tertiary alicyclic amines) is 1. The molecule has 110 valence electrons. The van der Waals surface area contributed by atoms with Gasteiger partial charge in [0, 0.05) is 12.0 Å². The zero-order valence-corrected chi connectivity index (χ0v) is 12.5. The van der Waals surface area contributed by atoms with Crippen LogP contribution in [0.2, 0.25) is 0 Å². The number of nitrogens with zero attached hydrogens (tertiary/aromatic N) is 2. The Bertz CT molecular complexity index is 459. The van der Waals surface area contributed by atoms with E-state index in [-0.39, 0.29) is 5.41 Å². The largest absolute Gasteiger partial charge is 0.409 e. The predicted octanol–water partition coefficient (Wildman–Crippen LogP) is 2.60. The number of oxime groups is 1. The molecular weight excluding hydrogens is 250 g/mol. The lowest BCUT2D eigenvalue weighted by molar-refractivity contribution is 0.153. The SMILES string of the molecule is CCc1ccc(CN2CCC(C)(/C(N)=N/O)CC2)cc1. The van der Waals surface area contributed by atoms with E-state index in [1.54, 1.807) is 0 Å². The average Bonchev–Trinajstić information content (AvgIpc) is 2.49. The minimum atomic E-state index is -0.155. The van der Waals surface area contributed by atoms with E-state index in [1.807, 2.05) is 0 Å². The highest BCUT2D eigenvalue weighted by atomic mass is 16.4. The van der Waals surface area contributed by atoms with Crippen LogP contribution >= 0.6 is 0 Å². The van der Waals surface area contributed by atoms with E-state index >= 15 is 0 Å². The summed E-state index contributed by atoms with van der Waals surface area (Å²) in [7, 11) is 0. The lowest BCUT2D eigenvalue weighted by atomic mass is 9.79. The van der Waals surface area contributed by atoms with Crippen molar-refractivity contribution in [1.29, 1.82) is 0 Å². The summed E-state index contributed by atoms with van der Waals surface area (Å²) in [4.78, 5) is 2.44. The van der Waals surface area contributed by atoms with Gasteiger partial charge in [0.05, 0.1) is 0 Å². The van der Waals surface area contributed by atoms with Crippen molar-refractivity contribution in [3.8, 4) is 0 Å². The van der Waals surface area contributed by atoms with Gasteiger partial charge in [0.2, 0.25) is 0 Å². The van der Waals surface area contributed by atoms with Gasteiger partial charge in [-0.05, 0) is 43.5 Å². The molecule has 1 aromatic rings. The Balaban J connectivity index is 1.91. The molecule has 4 heteroatoms. The van der Waals surface area contributed by atoms with Crippen LogP contribution in [0.1, 0.15) is 37.8 Å². The maximum absolute atomic E-state index is 8.85. The van der Waals surface area contributed by atoms with Gasteiger partial charge < -0.3 is 10.9 Å². The number of aryl methyl sites for hydroxylation is 1. The van der Waals surface area contributed by atoms with E-state index in [9.17, 15) is 0 Å². The second-order valence-electron chi connectivity index (χ2n) is 5.99. The number of amidine groups is 1. The van der Waals surface area contributed by atoms with Crippen molar-refractivity contribution < 1.29 is 5.21 Å². The molecule has 0 bridgehead atoms. The van der Waals surface area contributed by atoms with Crippen LogP contribution in [-0.2, 0) is 13.0 Å². The fourth-order valence-corrected chi connectivity index (χ4v) is 2.72. The van der Waals surface area contributed by atoms with Crippen LogP contribution in [0.3, 0.4) is 0 Å². The molecule has 2 rings (SSSR count). The van der Waals surface area contributed by atoms with Crippen LogP contribution in [0.15, 0.2) is 29.4 Å². The number of piperidine rings is 1. The minimum absolute atomic E-state index is 0.155. The summed E-state index contributed by atoms with van der Waals surface area (Å²) < 4.78 is 0. The highest BCUT2D eigenvalue weighted by Gasteiger charge is 2.34. The number of nitrogens with two attached hydrogens (primary N) is 1. The summed E-state index contributed by atoms with van der Waals surface area (Å²) in [5, 5.41) is 12.0. The number of hydrogen-bond donors (Lipinski definition) is 2. The highest BCUT2D eigenvalue weighted by molar-refractivity contribution is 5.85. The van der Waals surface area contributed by atoms with Gasteiger partial charge in [0.15, 0.2) is 0 Å². The molecule has 1 heterocycles. The van der Waals surface area contributed by atoms with Gasteiger partial charge in [0.1, 0.15) is 5.84 Å². The molecule has 0 amide bonds. The predicted molar refractivity (Wildman–Crippen MR) is 81.8 cm³/mol. The number of benzene rings is 1. The van der Waals surface area contributed by atoms with Crippen molar-refractivity contribution in [1.82, 2.24) is 4.90 Å². The lowest BCUT2D eigenvalue weighted by Crippen LogP contribution is -2.45. The van der Waals surface area contributed by atoms with E-state index < -0.39 is 0 Å². The van der Waals surface area contributed by atoms with Gasteiger partial charge in [-0.25, -0.2) is 0 Å². The van der Waals surface area contributed by atoms with E-state index in [0.717, 1.165) is 38.9 Å². The summed E-state index contributed by atoms with van der Waals surface area (Å²) in [5.41, 5.74) is 8.38. The van der Waals surface area contributed by atoms with Crippen molar-refractivity contribution in [3.63, 3.8) is 0 Å². The molecule has 0 spiro atoms. The first kappa shape index (κ1) is 14.9. The van der Waals surface area contributed by atoms with Crippen LogP contribution < -0.4 is 5.73 Å². The molecule has 0 saturated carbocycles. The topological polar surface area (TPSA) is 61.8 Å². The fraction of sp³-hybridized carbons (Fsp3) is 0.562. The first-order chi connectivity index (χ1) is 9.57. The first-order valence-corrected chi connectivity index (χ1v) is 7.35. The molecule has 4 nitrogen and oxygen atoms in total. The molecule has 1 aliphatic heterocycles. The molecule has 1 fully saturated rings. The molecule has 1 aromatic carbocycles. The number of rotatable bonds is 4. The van der Waals surface area contributed by atoms with Crippen molar-refractivity contribution in [2.24, 2.45) is 16.3 Å². The fourth-order valence-electron chi connectivity index (χ4n) is 2.72. The molecule has 0 radical (unpaired) electrons. The van der Waals surface area contributed by atoms with E-state index in [0.29, 0.717) is 5.84 Å².